The maximum absolute atomic E-state index is 12.4. The molecule has 0 aliphatic carbocycles. The van der Waals surface area contributed by atoms with Crippen molar-refractivity contribution in [2.75, 3.05) is 6.54 Å². The van der Waals surface area contributed by atoms with E-state index in [1.165, 1.54) is 18.2 Å². The predicted octanol–water partition coefficient (Wildman–Crippen LogP) is 2.34. The summed E-state index contributed by atoms with van der Waals surface area (Å²) < 4.78 is 26.4. The number of carboxylic acids is 1. The first-order valence-electron chi connectivity index (χ1n) is 5.54. The summed E-state index contributed by atoms with van der Waals surface area (Å²) in [5.41, 5.74) is 0. The van der Waals surface area contributed by atoms with Crippen LogP contribution in [0.5, 0.6) is 0 Å². The summed E-state index contributed by atoms with van der Waals surface area (Å²) in [6.45, 7) is 0.215. The van der Waals surface area contributed by atoms with Crippen molar-refractivity contribution in [1.82, 2.24) is 4.31 Å². The highest BCUT2D eigenvalue weighted by atomic mass is 79.9. The summed E-state index contributed by atoms with van der Waals surface area (Å²) in [7, 11) is -3.82. The standard InChI is InChI=1S/C11H11BrClNO4S/c12-8-4-3-7(6-9(8)13)19(17,18)14-5-1-2-10(14)11(15)16/h3-4,6,10H,1-2,5H2,(H,15,16)/t10-/m0/s1. The molecule has 2 rings (SSSR count). The van der Waals surface area contributed by atoms with Crippen LogP contribution >= 0.6 is 27.5 Å². The van der Waals surface area contributed by atoms with E-state index in [4.69, 9.17) is 16.7 Å². The average Bonchev–Trinajstić information content (AvgIpc) is 2.82. The van der Waals surface area contributed by atoms with Crippen LogP contribution in [-0.2, 0) is 14.8 Å². The second-order valence-electron chi connectivity index (χ2n) is 4.19. The maximum atomic E-state index is 12.4. The van der Waals surface area contributed by atoms with Crippen molar-refractivity contribution in [1.29, 1.82) is 0 Å². The van der Waals surface area contributed by atoms with Gasteiger partial charge in [0.25, 0.3) is 0 Å². The van der Waals surface area contributed by atoms with Gasteiger partial charge in [0.05, 0.1) is 9.92 Å². The fourth-order valence-corrected chi connectivity index (χ4v) is 4.22. The molecule has 104 valence electrons. The van der Waals surface area contributed by atoms with Gasteiger partial charge in [-0.1, -0.05) is 11.6 Å². The number of carbonyl (C=O) groups is 1. The third-order valence-corrected chi connectivity index (χ3v) is 6.12. The van der Waals surface area contributed by atoms with Gasteiger partial charge in [-0.2, -0.15) is 4.31 Å². The van der Waals surface area contributed by atoms with E-state index in [1.807, 2.05) is 0 Å². The van der Waals surface area contributed by atoms with E-state index in [0.29, 0.717) is 17.3 Å². The third kappa shape index (κ3) is 2.79. The number of sulfonamides is 1. The lowest BCUT2D eigenvalue weighted by molar-refractivity contribution is -0.140. The third-order valence-electron chi connectivity index (χ3n) is 2.99. The van der Waals surface area contributed by atoms with E-state index in [9.17, 15) is 13.2 Å². The van der Waals surface area contributed by atoms with E-state index < -0.39 is 22.0 Å². The molecule has 0 radical (unpaired) electrons. The van der Waals surface area contributed by atoms with Crippen LogP contribution in [0, 0.1) is 0 Å². The van der Waals surface area contributed by atoms with Gasteiger partial charge in [0.15, 0.2) is 0 Å². The minimum atomic E-state index is -3.82. The second kappa shape index (κ2) is 5.40. The highest BCUT2D eigenvalue weighted by Crippen LogP contribution is 2.30. The first kappa shape index (κ1) is 14.8. The van der Waals surface area contributed by atoms with Crippen LogP contribution in [-0.4, -0.2) is 36.4 Å². The van der Waals surface area contributed by atoms with Crippen molar-refractivity contribution in [2.45, 2.75) is 23.8 Å². The fourth-order valence-electron chi connectivity index (χ4n) is 2.05. The van der Waals surface area contributed by atoms with Crippen molar-refractivity contribution in [3.05, 3.63) is 27.7 Å². The molecule has 1 heterocycles. The summed E-state index contributed by atoms with van der Waals surface area (Å²) in [5, 5.41) is 9.32. The summed E-state index contributed by atoms with van der Waals surface area (Å²) in [4.78, 5) is 11.1. The molecule has 0 spiro atoms. The molecular weight excluding hydrogens is 358 g/mol. The average molecular weight is 369 g/mol. The first-order chi connectivity index (χ1) is 8.84. The SMILES string of the molecule is O=C(O)[C@@H]1CCCN1S(=O)(=O)c1ccc(Br)c(Cl)c1. The fraction of sp³-hybridized carbons (Fsp3) is 0.364. The molecule has 1 N–H and O–H groups in total. The number of hydrogen-bond acceptors (Lipinski definition) is 3. The van der Waals surface area contributed by atoms with Crippen molar-refractivity contribution in [3.8, 4) is 0 Å². The Bertz CT molecular complexity index is 619. The topological polar surface area (TPSA) is 74.7 Å². The molecule has 8 heteroatoms. The highest BCUT2D eigenvalue weighted by Gasteiger charge is 2.39. The molecular formula is C11H11BrClNO4S. The van der Waals surface area contributed by atoms with Gasteiger partial charge in [-0.25, -0.2) is 8.42 Å². The zero-order valence-corrected chi connectivity index (χ0v) is 12.9. The summed E-state index contributed by atoms with van der Waals surface area (Å²) in [5.74, 6) is -1.12. The number of carboxylic acid groups (broad SMARTS) is 1. The van der Waals surface area contributed by atoms with E-state index in [2.05, 4.69) is 15.9 Å². The molecule has 0 aromatic heterocycles. The van der Waals surface area contributed by atoms with Gasteiger partial charge in [-0.3, -0.25) is 4.79 Å². The van der Waals surface area contributed by atoms with E-state index in [1.54, 1.807) is 0 Å². The zero-order chi connectivity index (χ0) is 14.2. The van der Waals surface area contributed by atoms with Crippen LogP contribution in [0.1, 0.15) is 12.8 Å². The summed E-state index contributed by atoms with van der Waals surface area (Å²) in [6, 6.07) is 3.26. The summed E-state index contributed by atoms with van der Waals surface area (Å²) in [6.07, 6.45) is 0.874. The van der Waals surface area contributed by atoms with Gasteiger partial charge in [0.2, 0.25) is 10.0 Å². The van der Waals surface area contributed by atoms with Gasteiger partial charge in [0, 0.05) is 11.0 Å². The highest BCUT2D eigenvalue weighted by molar-refractivity contribution is 9.10. The predicted molar refractivity (Wildman–Crippen MR) is 73.7 cm³/mol. The van der Waals surface area contributed by atoms with Crippen LogP contribution in [0.3, 0.4) is 0 Å². The Morgan fingerprint density at radius 2 is 2.16 bits per heavy atom. The molecule has 1 aromatic carbocycles. The molecule has 5 nitrogen and oxygen atoms in total. The second-order valence-corrected chi connectivity index (χ2v) is 7.34. The Labute approximate surface area is 124 Å². The van der Waals surface area contributed by atoms with Crippen LogP contribution in [0.4, 0.5) is 0 Å². The molecule has 1 saturated heterocycles. The quantitative estimate of drug-likeness (QED) is 0.888. The van der Waals surface area contributed by atoms with Gasteiger partial charge in [0.1, 0.15) is 6.04 Å². The Kier molecular flexibility index (Phi) is 4.20. The molecule has 1 aliphatic heterocycles. The lowest BCUT2D eigenvalue weighted by atomic mass is 10.2. The minimum absolute atomic E-state index is 0.00819. The van der Waals surface area contributed by atoms with E-state index in [-0.39, 0.29) is 16.5 Å². The Hall–Kier alpha value is -0.630. The molecule has 1 aromatic rings. The van der Waals surface area contributed by atoms with Gasteiger partial charge in [-0.15, -0.1) is 0 Å². The molecule has 1 atom stereocenters. The zero-order valence-electron chi connectivity index (χ0n) is 9.71. The number of aliphatic carboxylic acids is 1. The maximum Gasteiger partial charge on any atom is 0.322 e. The smallest absolute Gasteiger partial charge is 0.322 e. The Morgan fingerprint density at radius 3 is 2.74 bits per heavy atom. The number of nitrogens with zero attached hydrogens (tertiary/aromatic N) is 1. The van der Waals surface area contributed by atoms with E-state index in [0.717, 1.165) is 4.31 Å². The number of halogens is 2. The lowest BCUT2D eigenvalue weighted by Crippen LogP contribution is -2.40. The normalized spacial score (nSPS) is 20.6. The van der Waals surface area contributed by atoms with Gasteiger partial charge in [-0.05, 0) is 47.0 Å². The Morgan fingerprint density at radius 1 is 1.47 bits per heavy atom. The van der Waals surface area contributed by atoms with Crippen LogP contribution in [0.25, 0.3) is 0 Å². The van der Waals surface area contributed by atoms with Crippen LogP contribution < -0.4 is 0 Å². The number of rotatable bonds is 3. The molecule has 1 aliphatic rings. The number of hydrogen-bond donors (Lipinski definition) is 1. The van der Waals surface area contributed by atoms with Crippen molar-refractivity contribution in [3.63, 3.8) is 0 Å². The van der Waals surface area contributed by atoms with Crippen LogP contribution in [0.15, 0.2) is 27.6 Å². The van der Waals surface area contributed by atoms with Gasteiger partial charge >= 0.3 is 5.97 Å². The molecule has 1 fully saturated rings. The van der Waals surface area contributed by atoms with E-state index >= 15 is 0 Å². The lowest BCUT2D eigenvalue weighted by Gasteiger charge is -2.21. The largest absolute Gasteiger partial charge is 0.480 e. The monoisotopic (exact) mass is 367 g/mol. The minimum Gasteiger partial charge on any atom is -0.480 e. The van der Waals surface area contributed by atoms with Crippen molar-refractivity contribution < 1.29 is 18.3 Å². The van der Waals surface area contributed by atoms with Gasteiger partial charge < -0.3 is 5.11 Å². The first-order valence-corrected chi connectivity index (χ1v) is 8.15. The molecule has 0 bridgehead atoms. The molecule has 19 heavy (non-hydrogen) atoms. The van der Waals surface area contributed by atoms with Crippen LogP contribution in [0.2, 0.25) is 5.02 Å². The Balaban J connectivity index is 2.42. The molecule has 0 amide bonds. The van der Waals surface area contributed by atoms with Crippen molar-refractivity contribution >= 4 is 43.5 Å². The summed E-state index contributed by atoms with van der Waals surface area (Å²) >= 11 is 9.06. The molecule has 0 unspecified atom stereocenters. The molecule has 0 saturated carbocycles. The van der Waals surface area contributed by atoms with Crippen molar-refractivity contribution in [2.24, 2.45) is 0 Å². The number of benzene rings is 1.